The Morgan fingerprint density at radius 2 is 2.09 bits per heavy atom. The summed E-state index contributed by atoms with van der Waals surface area (Å²) in [6.45, 7) is 0. The second-order valence-electron chi connectivity index (χ2n) is 4.40. The number of amides is 1. The third-order valence-corrected chi connectivity index (χ3v) is 4.70. The lowest BCUT2D eigenvalue weighted by atomic mass is 10.2. The van der Waals surface area contributed by atoms with E-state index in [1.54, 1.807) is 11.8 Å². The maximum Gasteiger partial charge on any atom is 0.260 e. The van der Waals surface area contributed by atoms with Gasteiger partial charge < -0.3 is 0 Å². The molecule has 0 saturated carbocycles. The van der Waals surface area contributed by atoms with Crippen molar-refractivity contribution in [3.05, 3.63) is 53.6 Å². The van der Waals surface area contributed by atoms with Gasteiger partial charge >= 0.3 is 0 Å². The number of rotatable bonds is 3. The van der Waals surface area contributed by atoms with Crippen molar-refractivity contribution in [1.82, 2.24) is 4.98 Å². The highest BCUT2D eigenvalue weighted by Gasteiger charge is 2.15. The van der Waals surface area contributed by atoms with Crippen molar-refractivity contribution >= 4 is 44.4 Å². The first kappa shape index (κ1) is 14.9. The van der Waals surface area contributed by atoms with Gasteiger partial charge in [0, 0.05) is 11.0 Å². The third kappa shape index (κ3) is 2.82. The Balaban J connectivity index is 1.91. The van der Waals surface area contributed by atoms with Gasteiger partial charge in [-0.25, -0.2) is 13.8 Å². The van der Waals surface area contributed by atoms with E-state index in [4.69, 9.17) is 0 Å². The molecule has 3 nitrogen and oxygen atoms in total. The lowest BCUT2D eigenvalue weighted by Crippen LogP contribution is -2.13. The van der Waals surface area contributed by atoms with Gasteiger partial charge in [0.2, 0.25) is 0 Å². The number of benzene rings is 2. The van der Waals surface area contributed by atoms with Crippen molar-refractivity contribution in [2.75, 3.05) is 11.6 Å². The molecule has 3 aromatic rings. The van der Waals surface area contributed by atoms with Crippen molar-refractivity contribution < 1.29 is 13.6 Å². The van der Waals surface area contributed by atoms with Gasteiger partial charge in [-0.1, -0.05) is 17.4 Å². The van der Waals surface area contributed by atoms with Crippen LogP contribution in [0.25, 0.3) is 10.2 Å². The van der Waals surface area contributed by atoms with Gasteiger partial charge in [0.1, 0.15) is 11.6 Å². The van der Waals surface area contributed by atoms with Gasteiger partial charge in [-0.15, -0.1) is 11.8 Å². The summed E-state index contributed by atoms with van der Waals surface area (Å²) in [7, 11) is 0. The molecule has 3 rings (SSSR count). The molecule has 0 aliphatic heterocycles. The summed E-state index contributed by atoms with van der Waals surface area (Å²) >= 11 is 2.87. The van der Waals surface area contributed by atoms with E-state index in [-0.39, 0.29) is 5.56 Å². The van der Waals surface area contributed by atoms with Crippen LogP contribution in [0, 0.1) is 11.6 Å². The highest BCUT2D eigenvalue weighted by Crippen LogP contribution is 2.32. The fourth-order valence-electron chi connectivity index (χ4n) is 1.98. The molecule has 0 saturated heterocycles. The van der Waals surface area contributed by atoms with Crippen molar-refractivity contribution in [3.8, 4) is 0 Å². The van der Waals surface area contributed by atoms with E-state index in [1.807, 2.05) is 24.5 Å². The summed E-state index contributed by atoms with van der Waals surface area (Å²) < 4.78 is 27.4. The number of halogens is 2. The fraction of sp³-hybridized carbons (Fsp3) is 0.0667. The monoisotopic (exact) mass is 336 g/mol. The molecule has 1 N–H and O–H groups in total. The SMILES string of the molecule is CSc1cccc2sc(NC(=O)c3ccc(F)cc3F)nc12. The third-order valence-electron chi connectivity index (χ3n) is 3.00. The fourth-order valence-corrected chi connectivity index (χ4v) is 3.50. The quantitative estimate of drug-likeness (QED) is 0.714. The number of nitrogens with one attached hydrogen (secondary N) is 1. The van der Waals surface area contributed by atoms with Crippen LogP contribution < -0.4 is 5.32 Å². The zero-order chi connectivity index (χ0) is 15.7. The summed E-state index contributed by atoms with van der Waals surface area (Å²) in [5.74, 6) is -2.27. The second-order valence-corrected chi connectivity index (χ2v) is 6.28. The van der Waals surface area contributed by atoms with Crippen LogP contribution in [-0.2, 0) is 0 Å². The van der Waals surface area contributed by atoms with Crippen molar-refractivity contribution in [3.63, 3.8) is 0 Å². The Morgan fingerprint density at radius 1 is 1.27 bits per heavy atom. The maximum atomic E-state index is 13.6. The number of thioether (sulfide) groups is 1. The molecule has 22 heavy (non-hydrogen) atoms. The largest absolute Gasteiger partial charge is 0.298 e. The van der Waals surface area contributed by atoms with E-state index in [2.05, 4.69) is 10.3 Å². The zero-order valence-corrected chi connectivity index (χ0v) is 13.0. The molecule has 0 aliphatic carbocycles. The molecule has 0 atom stereocenters. The number of hydrogen-bond acceptors (Lipinski definition) is 4. The van der Waals surface area contributed by atoms with Crippen LogP contribution in [0.4, 0.5) is 13.9 Å². The van der Waals surface area contributed by atoms with E-state index >= 15 is 0 Å². The number of carbonyl (C=O) groups is 1. The number of para-hydroxylation sites is 1. The first-order chi connectivity index (χ1) is 10.6. The predicted molar refractivity (Wildman–Crippen MR) is 85.7 cm³/mol. The highest BCUT2D eigenvalue weighted by atomic mass is 32.2. The summed E-state index contributed by atoms with van der Waals surface area (Å²) in [4.78, 5) is 17.4. The van der Waals surface area contributed by atoms with Crippen LogP contribution in [0.5, 0.6) is 0 Å². The van der Waals surface area contributed by atoms with Crippen LogP contribution in [0.2, 0.25) is 0 Å². The highest BCUT2D eigenvalue weighted by molar-refractivity contribution is 7.98. The van der Waals surface area contributed by atoms with Crippen molar-refractivity contribution in [2.24, 2.45) is 0 Å². The molecule has 0 bridgehead atoms. The summed E-state index contributed by atoms with van der Waals surface area (Å²) in [5.41, 5.74) is 0.584. The van der Waals surface area contributed by atoms with Gasteiger partial charge in [-0.2, -0.15) is 0 Å². The normalized spacial score (nSPS) is 10.9. The molecule has 7 heteroatoms. The average molecular weight is 336 g/mol. The van der Waals surface area contributed by atoms with Crippen molar-refractivity contribution in [2.45, 2.75) is 4.90 Å². The first-order valence-corrected chi connectivity index (χ1v) is 8.32. The molecule has 2 aromatic carbocycles. The van der Waals surface area contributed by atoms with Gasteiger partial charge in [0.05, 0.1) is 15.8 Å². The number of aromatic nitrogens is 1. The van der Waals surface area contributed by atoms with Gasteiger partial charge in [0.15, 0.2) is 5.13 Å². The van der Waals surface area contributed by atoms with E-state index in [0.29, 0.717) is 11.2 Å². The number of anilines is 1. The number of thiazole rings is 1. The minimum atomic E-state index is -0.900. The zero-order valence-electron chi connectivity index (χ0n) is 11.4. The molecule has 0 unspecified atom stereocenters. The molecule has 0 spiro atoms. The van der Waals surface area contributed by atoms with Crippen LogP contribution in [0.1, 0.15) is 10.4 Å². The number of hydrogen-bond donors (Lipinski definition) is 1. The molecule has 0 radical (unpaired) electrons. The number of fused-ring (bicyclic) bond motifs is 1. The van der Waals surface area contributed by atoms with Gasteiger partial charge in [0.25, 0.3) is 5.91 Å². The van der Waals surface area contributed by atoms with E-state index < -0.39 is 17.5 Å². The summed E-state index contributed by atoms with van der Waals surface area (Å²) in [6, 6.07) is 8.60. The molecule has 1 heterocycles. The summed E-state index contributed by atoms with van der Waals surface area (Å²) in [6.07, 6.45) is 1.94. The minimum absolute atomic E-state index is 0.217. The Kier molecular flexibility index (Phi) is 4.08. The first-order valence-electron chi connectivity index (χ1n) is 6.28. The predicted octanol–water partition coefficient (Wildman–Crippen LogP) is 4.55. The van der Waals surface area contributed by atoms with Crippen molar-refractivity contribution in [1.29, 1.82) is 0 Å². The van der Waals surface area contributed by atoms with E-state index in [9.17, 15) is 13.6 Å². The van der Waals surface area contributed by atoms with Crippen LogP contribution in [-0.4, -0.2) is 17.1 Å². The number of nitrogens with zero attached hydrogens (tertiary/aromatic N) is 1. The topological polar surface area (TPSA) is 42.0 Å². The Bertz CT molecular complexity index is 864. The molecular formula is C15H10F2N2OS2. The molecule has 1 amide bonds. The van der Waals surface area contributed by atoms with Gasteiger partial charge in [-0.05, 0) is 30.5 Å². The molecule has 1 aromatic heterocycles. The Morgan fingerprint density at radius 3 is 2.82 bits per heavy atom. The van der Waals surface area contributed by atoms with Crippen LogP contribution in [0.15, 0.2) is 41.3 Å². The van der Waals surface area contributed by atoms with E-state index in [0.717, 1.165) is 27.2 Å². The maximum absolute atomic E-state index is 13.6. The summed E-state index contributed by atoms with van der Waals surface area (Å²) in [5, 5.41) is 2.94. The van der Waals surface area contributed by atoms with Gasteiger partial charge in [-0.3, -0.25) is 10.1 Å². The molecule has 0 fully saturated rings. The Labute approximate surface area is 133 Å². The molecule has 112 valence electrons. The van der Waals surface area contributed by atoms with Crippen LogP contribution in [0.3, 0.4) is 0 Å². The standard InChI is InChI=1S/C15H10F2N2OS2/c1-21-11-3-2-4-12-13(11)18-15(22-12)19-14(20)9-6-5-8(16)7-10(9)17/h2-7H,1H3,(H,18,19,20). The molecular weight excluding hydrogens is 326 g/mol. The lowest BCUT2D eigenvalue weighted by Gasteiger charge is -2.02. The minimum Gasteiger partial charge on any atom is -0.298 e. The Hall–Kier alpha value is -1.99. The molecule has 0 aliphatic rings. The number of carbonyl (C=O) groups excluding carboxylic acids is 1. The van der Waals surface area contributed by atoms with E-state index in [1.165, 1.54) is 11.3 Å². The average Bonchev–Trinajstić information content (AvgIpc) is 2.89. The lowest BCUT2D eigenvalue weighted by molar-refractivity contribution is 0.102. The second kappa shape index (κ2) is 6.02. The smallest absolute Gasteiger partial charge is 0.260 e. The van der Waals surface area contributed by atoms with Crippen LogP contribution >= 0.6 is 23.1 Å².